The van der Waals surface area contributed by atoms with Crippen LogP contribution in [0.15, 0.2) is 48.8 Å². The minimum atomic E-state index is -0.228. The smallest absolute Gasteiger partial charge is 0.153 e. The van der Waals surface area contributed by atoms with Crippen LogP contribution in [0.3, 0.4) is 0 Å². The van der Waals surface area contributed by atoms with E-state index in [2.05, 4.69) is 23.4 Å². The Hall–Kier alpha value is -2.54. The van der Waals surface area contributed by atoms with E-state index < -0.39 is 0 Å². The molecule has 1 aromatic heterocycles. The molecule has 2 rings (SSSR count). The number of nitrogens with zero attached hydrogens (tertiary/aromatic N) is 3. The molecule has 4 heteroatoms. The second kappa shape index (κ2) is 7.46. The topological polar surface area (TPSA) is 50.8 Å². The van der Waals surface area contributed by atoms with E-state index in [4.69, 9.17) is 10.00 Å². The predicted octanol–water partition coefficient (Wildman–Crippen LogP) is 4.18. The number of allylic oxidation sites excluding steroid dienone is 1. The molecule has 0 aliphatic carbocycles. The predicted molar refractivity (Wildman–Crippen MR) is 86.6 cm³/mol. The van der Waals surface area contributed by atoms with E-state index in [1.54, 1.807) is 6.20 Å². The van der Waals surface area contributed by atoms with Gasteiger partial charge in [-0.2, -0.15) is 5.26 Å². The van der Waals surface area contributed by atoms with Gasteiger partial charge in [0, 0.05) is 24.5 Å². The van der Waals surface area contributed by atoms with Crippen molar-refractivity contribution in [1.82, 2.24) is 9.55 Å². The van der Waals surface area contributed by atoms with Crippen LogP contribution in [0.2, 0.25) is 0 Å². The van der Waals surface area contributed by atoms with Crippen LogP contribution >= 0.6 is 0 Å². The van der Waals surface area contributed by atoms with Gasteiger partial charge in [-0.3, -0.25) is 0 Å². The molecule has 1 unspecified atom stereocenters. The largest absolute Gasteiger partial charge is 0.481 e. The highest BCUT2D eigenvalue weighted by atomic mass is 16.5. The van der Waals surface area contributed by atoms with E-state index in [1.165, 1.54) is 6.08 Å². The molecule has 114 valence electrons. The quantitative estimate of drug-likeness (QED) is 0.593. The maximum absolute atomic E-state index is 8.99. The summed E-state index contributed by atoms with van der Waals surface area (Å²) < 4.78 is 8.10. The van der Waals surface area contributed by atoms with Crippen molar-refractivity contribution in [3.8, 4) is 6.07 Å². The Balaban J connectivity index is 2.20. The van der Waals surface area contributed by atoms with Crippen LogP contribution in [0.5, 0.6) is 0 Å². The van der Waals surface area contributed by atoms with Crippen LogP contribution in [0, 0.1) is 17.2 Å². The van der Waals surface area contributed by atoms with E-state index in [9.17, 15) is 0 Å². The fourth-order valence-corrected chi connectivity index (χ4v) is 2.32. The highest BCUT2D eigenvalue weighted by Gasteiger charge is 2.16. The Morgan fingerprint density at radius 1 is 1.32 bits per heavy atom. The minimum absolute atomic E-state index is 0.228. The molecule has 0 saturated heterocycles. The van der Waals surface area contributed by atoms with Crippen molar-refractivity contribution in [2.24, 2.45) is 5.92 Å². The lowest BCUT2D eigenvalue weighted by Crippen LogP contribution is -2.12. The van der Waals surface area contributed by atoms with Gasteiger partial charge in [0.1, 0.15) is 11.6 Å². The molecule has 0 fully saturated rings. The molecule has 0 bridgehead atoms. The van der Waals surface area contributed by atoms with E-state index in [0.29, 0.717) is 11.7 Å². The maximum atomic E-state index is 8.99. The van der Waals surface area contributed by atoms with Crippen molar-refractivity contribution in [3.63, 3.8) is 0 Å². The highest BCUT2D eigenvalue weighted by molar-refractivity contribution is 5.62. The molecule has 1 atom stereocenters. The zero-order valence-electron chi connectivity index (χ0n) is 13.2. The highest BCUT2D eigenvalue weighted by Crippen LogP contribution is 2.25. The summed E-state index contributed by atoms with van der Waals surface area (Å²) in [6.45, 7) is 7.18. The summed E-state index contributed by atoms with van der Waals surface area (Å²) in [6.07, 6.45) is 4.95. The SMILES string of the molecule is CC(C)Cn1ccnc1C(C)O/C(=C\C#N)c1ccccc1. The lowest BCUT2D eigenvalue weighted by Gasteiger charge is -2.19. The van der Waals surface area contributed by atoms with Gasteiger partial charge >= 0.3 is 0 Å². The van der Waals surface area contributed by atoms with Crippen molar-refractivity contribution in [1.29, 1.82) is 5.26 Å². The number of benzene rings is 1. The standard InChI is InChI=1S/C18H21N3O/c1-14(2)13-21-12-11-20-18(21)15(3)22-17(9-10-19)16-7-5-4-6-8-16/h4-9,11-12,14-15H,13H2,1-3H3/b17-9-. The van der Waals surface area contributed by atoms with Gasteiger partial charge in [-0.1, -0.05) is 44.2 Å². The molecule has 1 heterocycles. The summed E-state index contributed by atoms with van der Waals surface area (Å²) in [5.74, 6) is 1.96. The van der Waals surface area contributed by atoms with E-state index >= 15 is 0 Å². The number of nitriles is 1. The van der Waals surface area contributed by atoms with Crippen LogP contribution in [0.1, 0.15) is 38.3 Å². The number of imidazole rings is 1. The van der Waals surface area contributed by atoms with Crippen LogP contribution in [0.4, 0.5) is 0 Å². The molecule has 22 heavy (non-hydrogen) atoms. The summed E-state index contributed by atoms with van der Waals surface area (Å²) in [6, 6.07) is 11.7. The maximum Gasteiger partial charge on any atom is 0.153 e. The van der Waals surface area contributed by atoms with E-state index in [1.807, 2.05) is 49.5 Å². The molecule has 4 nitrogen and oxygen atoms in total. The Bertz CT molecular complexity index is 665. The third-order valence-electron chi connectivity index (χ3n) is 3.23. The van der Waals surface area contributed by atoms with Crippen molar-refractivity contribution >= 4 is 5.76 Å². The van der Waals surface area contributed by atoms with Crippen molar-refractivity contribution in [2.45, 2.75) is 33.4 Å². The first kappa shape index (κ1) is 15.8. The lowest BCUT2D eigenvalue weighted by molar-refractivity contribution is 0.173. The van der Waals surface area contributed by atoms with Gasteiger partial charge in [-0.15, -0.1) is 0 Å². The van der Waals surface area contributed by atoms with Gasteiger partial charge in [-0.25, -0.2) is 4.98 Å². The molecule has 0 aliphatic heterocycles. The van der Waals surface area contributed by atoms with Gasteiger partial charge < -0.3 is 9.30 Å². The normalized spacial score (nSPS) is 13.0. The Morgan fingerprint density at radius 2 is 2.05 bits per heavy atom. The van der Waals surface area contributed by atoms with E-state index in [0.717, 1.165) is 17.9 Å². The number of ether oxygens (including phenoxy) is 1. The molecular weight excluding hydrogens is 274 g/mol. The fraction of sp³-hybridized carbons (Fsp3) is 0.333. The van der Waals surface area contributed by atoms with Gasteiger partial charge in [0.05, 0.1) is 12.1 Å². The first-order valence-corrected chi connectivity index (χ1v) is 7.44. The first-order valence-electron chi connectivity index (χ1n) is 7.44. The van der Waals surface area contributed by atoms with Crippen LogP contribution in [0.25, 0.3) is 5.76 Å². The second-order valence-electron chi connectivity index (χ2n) is 5.60. The molecular formula is C18H21N3O. The Morgan fingerprint density at radius 3 is 2.68 bits per heavy atom. The molecule has 2 aromatic rings. The van der Waals surface area contributed by atoms with Crippen LogP contribution in [-0.2, 0) is 11.3 Å². The molecule has 1 aromatic carbocycles. The van der Waals surface area contributed by atoms with E-state index in [-0.39, 0.29) is 6.10 Å². The average Bonchev–Trinajstić information content (AvgIpc) is 2.95. The third kappa shape index (κ3) is 3.98. The summed E-state index contributed by atoms with van der Waals surface area (Å²) in [5.41, 5.74) is 0.887. The molecule has 0 saturated carbocycles. The first-order chi connectivity index (χ1) is 10.6. The van der Waals surface area contributed by atoms with Gasteiger partial charge in [0.15, 0.2) is 6.10 Å². The zero-order valence-corrected chi connectivity index (χ0v) is 13.2. The Labute approximate surface area is 131 Å². The monoisotopic (exact) mass is 295 g/mol. The molecule has 0 spiro atoms. The zero-order chi connectivity index (χ0) is 15.9. The summed E-state index contributed by atoms with van der Waals surface area (Å²) in [7, 11) is 0. The Kier molecular flexibility index (Phi) is 5.37. The average molecular weight is 295 g/mol. The number of rotatable bonds is 6. The molecule has 0 aliphatic rings. The summed E-state index contributed by atoms with van der Waals surface area (Å²) >= 11 is 0. The molecule has 0 amide bonds. The van der Waals surface area contributed by atoms with Crippen molar-refractivity contribution in [3.05, 3.63) is 60.2 Å². The summed E-state index contributed by atoms with van der Waals surface area (Å²) in [4.78, 5) is 4.40. The van der Waals surface area contributed by atoms with Gasteiger partial charge in [-0.05, 0) is 12.8 Å². The number of hydrogen-bond donors (Lipinski definition) is 0. The lowest BCUT2D eigenvalue weighted by atomic mass is 10.2. The summed E-state index contributed by atoms with van der Waals surface area (Å²) in [5, 5.41) is 8.99. The van der Waals surface area contributed by atoms with Crippen molar-refractivity contribution < 1.29 is 4.74 Å². The minimum Gasteiger partial charge on any atom is -0.481 e. The molecule has 0 radical (unpaired) electrons. The molecule has 0 N–H and O–H groups in total. The van der Waals surface area contributed by atoms with Gasteiger partial charge in [0.25, 0.3) is 0 Å². The number of aromatic nitrogens is 2. The van der Waals surface area contributed by atoms with Crippen LogP contribution < -0.4 is 0 Å². The fourth-order valence-electron chi connectivity index (χ4n) is 2.32. The van der Waals surface area contributed by atoms with Crippen LogP contribution in [-0.4, -0.2) is 9.55 Å². The van der Waals surface area contributed by atoms with Crippen molar-refractivity contribution in [2.75, 3.05) is 0 Å². The third-order valence-corrected chi connectivity index (χ3v) is 3.23. The number of hydrogen-bond acceptors (Lipinski definition) is 3. The second-order valence-corrected chi connectivity index (χ2v) is 5.60. The van der Waals surface area contributed by atoms with Gasteiger partial charge in [0.2, 0.25) is 0 Å².